The van der Waals surface area contributed by atoms with Crippen molar-refractivity contribution in [1.29, 1.82) is 5.26 Å². The highest BCUT2D eigenvalue weighted by Crippen LogP contribution is 2.38. The highest BCUT2D eigenvalue weighted by atomic mass is 16.2. The molecule has 0 aromatic heterocycles. The van der Waals surface area contributed by atoms with Gasteiger partial charge in [0.1, 0.15) is 6.04 Å². The Kier molecular flexibility index (Phi) is 6.20. The van der Waals surface area contributed by atoms with Crippen LogP contribution in [0, 0.1) is 17.2 Å². The predicted octanol–water partition coefficient (Wildman–Crippen LogP) is 1.54. The number of nitrogens with zero attached hydrogens (tertiary/aromatic N) is 4. The van der Waals surface area contributed by atoms with Crippen molar-refractivity contribution in [3.63, 3.8) is 0 Å². The number of amides is 3. The Morgan fingerprint density at radius 2 is 2.09 bits per heavy atom. The summed E-state index contributed by atoms with van der Waals surface area (Å²) in [5.41, 5.74) is 1.53. The van der Waals surface area contributed by atoms with Crippen LogP contribution in [0.3, 0.4) is 0 Å². The Hall–Kier alpha value is -2.92. The predicted molar refractivity (Wildman–Crippen MR) is 118 cm³/mol. The molecule has 3 amide bonds. The Labute approximate surface area is 189 Å². The number of piperazine rings is 1. The topological polar surface area (TPSA) is 96.8 Å². The molecule has 1 aromatic carbocycles. The second-order valence-electron chi connectivity index (χ2n) is 9.21. The van der Waals surface area contributed by atoms with Crippen LogP contribution in [0.4, 0.5) is 0 Å². The SMILES string of the molecule is CNC(=O)c1cccc([C@@H](C)N2C(=O)[C@H]3C[C@@H]2CN3C[C@H](C)C(=O)N2CCC[C@H]2C#N)c1. The third kappa shape index (κ3) is 3.86. The van der Waals surface area contributed by atoms with Gasteiger partial charge in [0.2, 0.25) is 11.8 Å². The summed E-state index contributed by atoms with van der Waals surface area (Å²) in [6, 6.07) is 9.12. The van der Waals surface area contributed by atoms with Crippen molar-refractivity contribution in [2.24, 2.45) is 5.92 Å². The number of hydrogen-bond acceptors (Lipinski definition) is 5. The lowest BCUT2D eigenvalue weighted by atomic mass is 10.0. The maximum Gasteiger partial charge on any atom is 0.251 e. The summed E-state index contributed by atoms with van der Waals surface area (Å²) in [6.07, 6.45) is 2.39. The van der Waals surface area contributed by atoms with Gasteiger partial charge in [-0.1, -0.05) is 19.1 Å². The third-order valence-corrected chi connectivity index (χ3v) is 7.20. The van der Waals surface area contributed by atoms with E-state index in [9.17, 15) is 19.6 Å². The molecule has 3 saturated heterocycles. The molecule has 32 heavy (non-hydrogen) atoms. The van der Waals surface area contributed by atoms with Crippen LogP contribution < -0.4 is 5.32 Å². The van der Waals surface area contributed by atoms with E-state index in [1.807, 2.05) is 36.9 Å². The molecule has 3 fully saturated rings. The Morgan fingerprint density at radius 3 is 2.78 bits per heavy atom. The van der Waals surface area contributed by atoms with Crippen molar-refractivity contribution in [3.8, 4) is 6.07 Å². The van der Waals surface area contributed by atoms with E-state index in [0.717, 1.165) is 31.4 Å². The number of carbonyl (C=O) groups excluding carboxylic acids is 3. The minimum atomic E-state index is -0.316. The van der Waals surface area contributed by atoms with Gasteiger partial charge in [-0.25, -0.2) is 0 Å². The fourth-order valence-corrected chi connectivity index (χ4v) is 5.52. The lowest BCUT2D eigenvalue weighted by molar-refractivity contribution is -0.142. The average Bonchev–Trinajstić information content (AvgIpc) is 3.52. The molecule has 1 aromatic rings. The van der Waals surface area contributed by atoms with Crippen LogP contribution in [0.2, 0.25) is 0 Å². The van der Waals surface area contributed by atoms with Gasteiger partial charge in [0.15, 0.2) is 0 Å². The number of nitriles is 1. The molecule has 8 nitrogen and oxygen atoms in total. The van der Waals surface area contributed by atoms with E-state index in [-0.39, 0.29) is 47.8 Å². The molecule has 0 aliphatic carbocycles. The standard InChI is InChI=1S/C24H31N5O3/c1-15(23(31)28-9-5-8-19(28)12-25)13-27-14-20-11-21(27)24(32)29(20)16(2)17-6-4-7-18(10-17)22(30)26-3/h4,6-7,10,15-16,19-21H,5,8-9,11,13-14H2,1-3H3,(H,26,30)/t15-,16+,19-,20+,21+/m0/s1. The molecule has 3 aliphatic rings. The minimum absolute atomic E-state index is 0.0144. The first kappa shape index (κ1) is 22.3. The maximum atomic E-state index is 13.2. The van der Waals surface area contributed by atoms with Gasteiger partial charge in [-0.15, -0.1) is 0 Å². The van der Waals surface area contributed by atoms with Gasteiger partial charge in [0, 0.05) is 44.2 Å². The normalized spacial score (nSPS) is 26.8. The molecule has 2 bridgehead atoms. The van der Waals surface area contributed by atoms with E-state index < -0.39 is 0 Å². The van der Waals surface area contributed by atoms with Crippen LogP contribution >= 0.6 is 0 Å². The van der Waals surface area contributed by atoms with Gasteiger partial charge in [-0.05, 0) is 43.9 Å². The first-order valence-corrected chi connectivity index (χ1v) is 11.4. The Morgan fingerprint density at radius 1 is 1.31 bits per heavy atom. The van der Waals surface area contributed by atoms with Crippen LogP contribution in [0.15, 0.2) is 24.3 Å². The van der Waals surface area contributed by atoms with Crippen molar-refractivity contribution < 1.29 is 14.4 Å². The van der Waals surface area contributed by atoms with Gasteiger partial charge in [0.05, 0.1) is 18.2 Å². The average molecular weight is 438 g/mol. The van der Waals surface area contributed by atoms with Crippen LogP contribution in [-0.4, -0.2) is 77.2 Å². The summed E-state index contributed by atoms with van der Waals surface area (Å²) in [4.78, 5) is 43.9. The number of nitrogens with one attached hydrogen (secondary N) is 1. The van der Waals surface area contributed by atoms with Crippen LogP contribution in [0.5, 0.6) is 0 Å². The molecule has 170 valence electrons. The van der Waals surface area contributed by atoms with Crippen molar-refractivity contribution in [2.75, 3.05) is 26.7 Å². The number of likely N-dealkylation sites (tertiary alicyclic amines) is 3. The molecule has 0 unspecified atom stereocenters. The first-order valence-electron chi connectivity index (χ1n) is 11.4. The summed E-state index contributed by atoms with van der Waals surface area (Å²) in [6.45, 7) is 5.83. The van der Waals surface area contributed by atoms with E-state index in [1.54, 1.807) is 18.0 Å². The summed E-state index contributed by atoms with van der Waals surface area (Å²) in [7, 11) is 1.60. The number of carbonyl (C=O) groups is 3. The van der Waals surface area contributed by atoms with Crippen LogP contribution in [-0.2, 0) is 9.59 Å². The van der Waals surface area contributed by atoms with Gasteiger partial charge in [0.25, 0.3) is 5.91 Å². The van der Waals surface area contributed by atoms with Crippen molar-refractivity contribution in [3.05, 3.63) is 35.4 Å². The molecule has 0 saturated carbocycles. The zero-order valence-corrected chi connectivity index (χ0v) is 19.0. The molecular formula is C24H31N5O3. The first-order chi connectivity index (χ1) is 15.3. The van der Waals surface area contributed by atoms with E-state index >= 15 is 0 Å². The lowest BCUT2D eigenvalue weighted by Gasteiger charge is -2.38. The molecule has 3 heterocycles. The zero-order chi connectivity index (χ0) is 23.0. The van der Waals surface area contributed by atoms with Crippen LogP contribution in [0.25, 0.3) is 0 Å². The van der Waals surface area contributed by atoms with Crippen molar-refractivity contribution in [1.82, 2.24) is 20.0 Å². The minimum Gasteiger partial charge on any atom is -0.355 e. The van der Waals surface area contributed by atoms with E-state index in [0.29, 0.717) is 18.7 Å². The fraction of sp³-hybridized carbons (Fsp3) is 0.583. The summed E-state index contributed by atoms with van der Waals surface area (Å²) >= 11 is 0. The third-order valence-electron chi connectivity index (χ3n) is 7.20. The number of rotatable bonds is 6. The second kappa shape index (κ2) is 8.91. The molecule has 3 aliphatic heterocycles. The van der Waals surface area contributed by atoms with E-state index in [2.05, 4.69) is 16.3 Å². The Bertz CT molecular complexity index is 957. The second-order valence-corrected chi connectivity index (χ2v) is 9.21. The van der Waals surface area contributed by atoms with Crippen LogP contribution in [0.1, 0.15) is 55.1 Å². The highest BCUT2D eigenvalue weighted by Gasteiger charge is 2.51. The monoisotopic (exact) mass is 437 g/mol. The van der Waals surface area contributed by atoms with E-state index in [4.69, 9.17) is 0 Å². The van der Waals surface area contributed by atoms with Gasteiger partial charge in [-0.3, -0.25) is 19.3 Å². The fourth-order valence-electron chi connectivity index (χ4n) is 5.52. The van der Waals surface area contributed by atoms with E-state index in [1.165, 1.54) is 0 Å². The molecule has 1 N–H and O–H groups in total. The zero-order valence-electron chi connectivity index (χ0n) is 19.0. The summed E-state index contributed by atoms with van der Waals surface area (Å²) < 4.78 is 0. The molecular weight excluding hydrogens is 406 g/mol. The van der Waals surface area contributed by atoms with Crippen molar-refractivity contribution >= 4 is 17.7 Å². The van der Waals surface area contributed by atoms with Gasteiger partial charge in [-0.2, -0.15) is 5.26 Å². The molecule has 4 rings (SSSR count). The smallest absolute Gasteiger partial charge is 0.251 e. The van der Waals surface area contributed by atoms with Gasteiger partial charge >= 0.3 is 0 Å². The largest absolute Gasteiger partial charge is 0.355 e. The number of hydrogen-bond donors (Lipinski definition) is 1. The number of benzene rings is 1. The molecule has 0 radical (unpaired) electrons. The Balaban J connectivity index is 1.41. The lowest BCUT2D eigenvalue weighted by Crippen LogP contribution is -2.53. The highest BCUT2D eigenvalue weighted by molar-refractivity contribution is 5.94. The molecule has 0 spiro atoms. The molecule has 8 heteroatoms. The number of fused-ring (bicyclic) bond motifs is 2. The molecule has 5 atom stereocenters. The van der Waals surface area contributed by atoms with Gasteiger partial charge < -0.3 is 15.1 Å². The summed E-state index contributed by atoms with van der Waals surface area (Å²) in [5, 5.41) is 11.9. The van der Waals surface area contributed by atoms with Crippen molar-refractivity contribution in [2.45, 2.75) is 57.3 Å². The maximum absolute atomic E-state index is 13.2. The quantitative estimate of drug-likeness (QED) is 0.728. The summed E-state index contributed by atoms with van der Waals surface area (Å²) in [5.74, 6) is -0.281.